The van der Waals surface area contributed by atoms with Gasteiger partial charge in [-0.3, -0.25) is 4.55 Å². The first-order valence-electron chi connectivity index (χ1n) is 8.05. The fraction of sp³-hybridized carbons (Fsp3) is 0.533. The summed E-state index contributed by atoms with van der Waals surface area (Å²) in [6.07, 6.45) is -7.43. The zero-order valence-electron chi connectivity index (χ0n) is 14.3. The van der Waals surface area contributed by atoms with Crippen molar-refractivity contribution in [1.82, 2.24) is 0 Å². The van der Waals surface area contributed by atoms with Gasteiger partial charge in [0.05, 0.1) is 12.7 Å². The van der Waals surface area contributed by atoms with Gasteiger partial charge in [0, 0.05) is 6.42 Å². The summed E-state index contributed by atoms with van der Waals surface area (Å²) < 4.78 is 39.6. The molecule has 13 heteroatoms. The van der Waals surface area contributed by atoms with Crippen LogP contribution < -0.4 is 0 Å². The number of aliphatic hydroxyl groups excluding tert-OH is 5. The summed E-state index contributed by atoms with van der Waals surface area (Å²) in [5, 5.41) is 52.3. The summed E-state index contributed by atoms with van der Waals surface area (Å²) in [7, 11) is -4.92. The Hall–Kier alpha value is -1.29. The third kappa shape index (κ3) is 6.37. The molecule has 28 heavy (non-hydrogen) atoms. The monoisotopic (exact) mass is 439 g/mol. The molecule has 0 spiro atoms. The fourth-order valence-electron chi connectivity index (χ4n) is 2.45. The van der Waals surface area contributed by atoms with Gasteiger partial charge < -0.3 is 30.3 Å². The van der Waals surface area contributed by atoms with Crippen LogP contribution in [-0.2, 0) is 19.4 Å². The van der Waals surface area contributed by atoms with Crippen molar-refractivity contribution in [2.75, 3.05) is 6.61 Å². The van der Waals surface area contributed by atoms with Crippen LogP contribution in [0.5, 0.6) is 0 Å². The van der Waals surface area contributed by atoms with Crippen molar-refractivity contribution in [2.24, 2.45) is 5.16 Å². The molecule has 158 valence electrons. The molecule has 1 fully saturated rings. The average molecular weight is 439 g/mol. The normalized spacial score (nSPS) is 30.1. The van der Waals surface area contributed by atoms with Crippen LogP contribution in [0.15, 0.2) is 35.5 Å². The minimum absolute atomic E-state index is 0.196. The van der Waals surface area contributed by atoms with E-state index in [0.717, 1.165) is 0 Å². The lowest BCUT2D eigenvalue weighted by Gasteiger charge is -2.39. The summed E-state index contributed by atoms with van der Waals surface area (Å²) in [5.41, 5.74) is -0.793. The van der Waals surface area contributed by atoms with Gasteiger partial charge in [-0.2, -0.15) is 8.42 Å². The molecule has 1 aromatic carbocycles. The van der Waals surface area contributed by atoms with E-state index in [1.165, 1.54) is 0 Å². The van der Waals surface area contributed by atoms with Gasteiger partial charge in [0.15, 0.2) is 0 Å². The summed E-state index contributed by atoms with van der Waals surface area (Å²) in [4.78, 5) is 0. The predicted molar refractivity (Wildman–Crippen MR) is 97.4 cm³/mol. The largest absolute Gasteiger partial charge is 0.466 e. The van der Waals surface area contributed by atoms with E-state index in [4.69, 9.17) is 9.29 Å². The Morgan fingerprint density at radius 2 is 1.82 bits per heavy atom. The predicted octanol–water partition coefficient (Wildman–Crippen LogP) is -1.22. The van der Waals surface area contributed by atoms with Crippen LogP contribution in [0.4, 0.5) is 0 Å². The van der Waals surface area contributed by atoms with E-state index in [9.17, 15) is 34.0 Å². The number of oxime groups is 1. The smallest absolute Gasteiger partial charge is 0.394 e. The molecule has 1 aliphatic rings. The highest BCUT2D eigenvalue weighted by molar-refractivity contribution is 8.14. The quantitative estimate of drug-likeness (QED) is 0.129. The average Bonchev–Trinajstić information content (AvgIpc) is 2.66. The van der Waals surface area contributed by atoms with Crippen molar-refractivity contribution in [3.63, 3.8) is 0 Å². The molecule has 1 saturated heterocycles. The van der Waals surface area contributed by atoms with E-state index in [1.807, 2.05) is 0 Å². The second-order valence-corrected chi connectivity index (χ2v) is 8.11. The van der Waals surface area contributed by atoms with Crippen molar-refractivity contribution < 1.29 is 47.5 Å². The number of aliphatic hydroxyl groups is 5. The summed E-state index contributed by atoms with van der Waals surface area (Å²) in [5.74, 6) is 0. The van der Waals surface area contributed by atoms with E-state index in [0.29, 0.717) is 17.3 Å². The Balaban J connectivity index is 2.19. The van der Waals surface area contributed by atoms with Crippen molar-refractivity contribution in [3.05, 3.63) is 35.9 Å². The van der Waals surface area contributed by atoms with E-state index in [1.54, 1.807) is 30.3 Å². The molecule has 0 aromatic heterocycles. The highest BCUT2D eigenvalue weighted by Gasteiger charge is 2.44. The molecule has 0 aliphatic carbocycles. The van der Waals surface area contributed by atoms with Crippen molar-refractivity contribution >= 4 is 27.2 Å². The zero-order chi connectivity index (χ0) is 20.9. The second-order valence-electron chi connectivity index (χ2n) is 5.93. The molecule has 0 amide bonds. The topological polar surface area (TPSA) is 186 Å². The van der Waals surface area contributed by atoms with Gasteiger partial charge in [-0.25, -0.2) is 4.28 Å². The first kappa shape index (κ1) is 23.0. The van der Waals surface area contributed by atoms with Crippen LogP contribution in [0.1, 0.15) is 18.1 Å². The summed E-state index contributed by atoms with van der Waals surface area (Å²) in [6.45, 7) is -0.650. The van der Waals surface area contributed by atoms with Crippen LogP contribution in [-0.4, -0.2) is 80.0 Å². The van der Waals surface area contributed by atoms with Crippen LogP contribution >= 0.6 is 11.8 Å². The van der Waals surface area contributed by atoms with Crippen LogP contribution in [0.25, 0.3) is 0 Å². The Labute approximate surface area is 165 Å². The molecular weight excluding hydrogens is 418 g/mol. The van der Waals surface area contributed by atoms with Crippen LogP contribution in [0.3, 0.4) is 0 Å². The summed E-state index contributed by atoms with van der Waals surface area (Å²) in [6, 6.07) is 8.31. The maximum absolute atomic E-state index is 10.8. The molecule has 2 rings (SSSR count). The van der Waals surface area contributed by atoms with E-state index in [2.05, 4.69) is 9.44 Å². The third-order valence-corrected chi connectivity index (χ3v) is 5.28. The van der Waals surface area contributed by atoms with Gasteiger partial charge in [0.1, 0.15) is 34.9 Å². The second kappa shape index (κ2) is 9.96. The highest BCUT2D eigenvalue weighted by atomic mass is 32.3. The van der Waals surface area contributed by atoms with Crippen molar-refractivity contribution in [3.8, 4) is 0 Å². The molecule has 0 radical (unpaired) electrons. The Bertz CT molecular complexity index is 757. The third-order valence-electron chi connectivity index (χ3n) is 3.89. The minimum Gasteiger partial charge on any atom is -0.394 e. The van der Waals surface area contributed by atoms with Gasteiger partial charge in [0.25, 0.3) is 0 Å². The maximum atomic E-state index is 10.8. The molecule has 1 heterocycles. The number of benzene rings is 1. The molecule has 11 nitrogen and oxygen atoms in total. The zero-order valence-corrected chi connectivity index (χ0v) is 16.0. The number of hydrogen-bond donors (Lipinski definition) is 6. The Morgan fingerprint density at radius 1 is 1.18 bits per heavy atom. The number of hydrogen-bond acceptors (Lipinski definition) is 11. The number of nitrogens with zero attached hydrogens (tertiary/aromatic N) is 1. The van der Waals surface area contributed by atoms with Crippen molar-refractivity contribution in [1.29, 1.82) is 0 Å². The van der Waals surface area contributed by atoms with Gasteiger partial charge in [-0.15, -0.1) is 0 Å². The fourth-order valence-corrected chi connectivity index (χ4v) is 3.79. The van der Waals surface area contributed by atoms with Crippen molar-refractivity contribution in [2.45, 2.75) is 42.4 Å². The first-order chi connectivity index (χ1) is 13.1. The molecule has 1 aliphatic heterocycles. The lowest BCUT2D eigenvalue weighted by atomic mass is 10.0. The molecule has 6 atom stereocenters. The lowest BCUT2D eigenvalue weighted by Crippen LogP contribution is -2.57. The van der Waals surface area contributed by atoms with Gasteiger partial charge in [0.2, 0.25) is 0 Å². The Morgan fingerprint density at radius 3 is 2.39 bits per heavy atom. The number of thioether (sulfide) groups is 1. The lowest BCUT2D eigenvalue weighted by molar-refractivity contribution is -0.205. The molecule has 1 aromatic rings. The standard InChI is InChI=1S/C15H21NO10S2/c17-7-10-12(19)13(20)14(21)15(25-10)27-11(16-26-28(22,23)24)6-9(18)8-4-2-1-3-5-8/h1-5,9-10,12-15,17-21H,6-7H2,(H,22,23,24)/t9-,10-,12-,13+,14-,15+/m1/s1. The van der Waals surface area contributed by atoms with E-state index < -0.39 is 53.0 Å². The van der Waals surface area contributed by atoms with Gasteiger partial charge >= 0.3 is 10.4 Å². The molecule has 0 saturated carbocycles. The molecule has 0 bridgehead atoms. The van der Waals surface area contributed by atoms with E-state index >= 15 is 0 Å². The first-order valence-corrected chi connectivity index (χ1v) is 10.3. The molecule has 0 unspecified atom stereocenters. The Kier molecular flexibility index (Phi) is 8.18. The number of ether oxygens (including phenoxy) is 1. The highest BCUT2D eigenvalue weighted by Crippen LogP contribution is 2.32. The number of rotatable bonds is 7. The molecular formula is C15H21NO10S2. The van der Waals surface area contributed by atoms with Crippen LogP contribution in [0, 0.1) is 0 Å². The van der Waals surface area contributed by atoms with E-state index in [-0.39, 0.29) is 11.5 Å². The van der Waals surface area contributed by atoms with Gasteiger partial charge in [-0.05, 0) is 5.56 Å². The van der Waals surface area contributed by atoms with Crippen LogP contribution in [0.2, 0.25) is 0 Å². The maximum Gasteiger partial charge on any atom is 0.466 e. The minimum atomic E-state index is -4.92. The SMILES string of the molecule is O=S(=O)(O)ON=C(C[C@@H](O)c1ccccc1)S[C@@H]1O[C@H](CO)[C@@H](O)[C@H](O)[C@H]1O. The van der Waals surface area contributed by atoms with Gasteiger partial charge in [-0.1, -0.05) is 47.2 Å². The summed E-state index contributed by atoms with van der Waals surface area (Å²) >= 11 is 0.597. The molecule has 6 N–H and O–H groups in total.